The molecule has 0 aromatic carbocycles. The van der Waals surface area contributed by atoms with E-state index in [9.17, 15) is 4.79 Å². The molecule has 0 aromatic heterocycles. The molecule has 0 amide bonds. The molecule has 4 heteroatoms. The summed E-state index contributed by atoms with van der Waals surface area (Å²) in [6.45, 7) is 4.20. The predicted molar refractivity (Wildman–Crippen MR) is 75.8 cm³/mol. The van der Waals surface area contributed by atoms with E-state index in [4.69, 9.17) is 15.8 Å². The molecule has 0 aliphatic heterocycles. The Balaban J connectivity index is 3.58. The van der Waals surface area contributed by atoms with Crippen molar-refractivity contribution in [3.05, 3.63) is 0 Å². The Morgan fingerprint density at radius 2 is 1.71 bits per heavy atom. The van der Waals surface area contributed by atoms with Gasteiger partial charge in [-0.15, -0.1) is 0 Å². The van der Waals surface area contributed by atoms with Gasteiger partial charge in [-0.2, -0.15) is 11.1 Å². The highest BCUT2D eigenvalue weighted by Gasteiger charge is 2.25. The lowest BCUT2D eigenvalue weighted by molar-refractivity contribution is -0.140. The minimum atomic E-state index is -1.09. The van der Waals surface area contributed by atoms with Crippen molar-refractivity contribution in [2.24, 2.45) is 0 Å². The zero-order valence-corrected chi connectivity index (χ0v) is 13.2. The molecule has 17 heavy (non-hydrogen) atoms. The molecule has 0 spiro atoms. The molecule has 0 N–H and O–H groups in total. The van der Waals surface area contributed by atoms with Gasteiger partial charge in [-0.3, -0.25) is 4.79 Å². The fourth-order valence-electron chi connectivity index (χ4n) is 1.93. The van der Waals surface area contributed by atoms with Crippen LogP contribution in [-0.2, 0) is 9.53 Å². The SMILES string of the molecule is CCCCCCCCCC(C(=O)OC)[Si](C)Cl. The lowest BCUT2D eigenvalue weighted by Crippen LogP contribution is -2.21. The molecule has 0 heterocycles. The van der Waals surface area contributed by atoms with E-state index in [0.29, 0.717) is 0 Å². The Hall–Kier alpha value is -0.0231. The molecule has 0 saturated heterocycles. The number of ether oxygens (including phenoxy) is 1. The summed E-state index contributed by atoms with van der Waals surface area (Å²) in [4.78, 5) is 11.5. The summed E-state index contributed by atoms with van der Waals surface area (Å²) in [7, 11) is 0.359. The van der Waals surface area contributed by atoms with Crippen LogP contribution in [-0.4, -0.2) is 21.2 Å². The third kappa shape index (κ3) is 8.67. The molecule has 101 valence electrons. The topological polar surface area (TPSA) is 26.3 Å². The highest BCUT2D eigenvalue weighted by Crippen LogP contribution is 2.23. The number of carbonyl (C=O) groups excluding carboxylic acids is 1. The van der Waals surface area contributed by atoms with Crippen molar-refractivity contribution in [1.29, 1.82) is 0 Å². The van der Waals surface area contributed by atoms with Crippen LogP contribution in [0.5, 0.6) is 0 Å². The maximum Gasteiger partial charge on any atom is 0.306 e. The third-order valence-electron chi connectivity index (χ3n) is 3.06. The van der Waals surface area contributed by atoms with Gasteiger partial charge in [0.1, 0.15) is 0 Å². The fraction of sp³-hybridized carbons (Fsp3) is 0.923. The average Bonchev–Trinajstić information content (AvgIpc) is 2.31. The van der Waals surface area contributed by atoms with E-state index in [1.165, 1.54) is 45.6 Å². The summed E-state index contributed by atoms with van der Waals surface area (Å²) >= 11 is 6.10. The largest absolute Gasteiger partial charge is 0.469 e. The number of esters is 1. The lowest BCUT2D eigenvalue weighted by Gasteiger charge is -2.14. The molecule has 1 radical (unpaired) electrons. The number of methoxy groups -OCH3 is 1. The second-order valence-corrected chi connectivity index (χ2v) is 8.23. The van der Waals surface area contributed by atoms with E-state index < -0.39 is 8.11 Å². The molecule has 2 nitrogen and oxygen atoms in total. The number of rotatable bonds is 10. The summed E-state index contributed by atoms with van der Waals surface area (Å²) in [5.74, 6) is -0.123. The minimum absolute atomic E-state index is 0.0395. The first-order chi connectivity index (χ1) is 8.13. The predicted octanol–water partition coefficient (Wildman–Crippen LogP) is 4.53. The smallest absolute Gasteiger partial charge is 0.306 e. The summed E-state index contributed by atoms with van der Waals surface area (Å²) in [6.07, 6.45) is 9.78. The highest BCUT2D eigenvalue weighted by atomic mass is 35.6. The van der Waals surface area contributed by atoms with Crippen molar-refractivity contribution in [2.45, 2.75) is 70.4 Å². The molecule has 0 aromatic rings. The lowest BCUT2D eigenvalue weighted by atomic mass is 10.1. The van der Waals surface area contributed by atoms with Crippen LogP contribution in [0.4, 0.5) is 0 Å². The number of halogens is 1. The van der Waals surface area contributed by atoms with Gasteiger partial charge in [-0.05, 0) is 6.42 Å². The zero-order chi connectivity index (χ0) is 13.1. The van der Waals surface area contributed by atoms with Crippen molar-refractivity contribution in [1.82, 2.24) is 0 Å². The third-order valence-corrected chi connectivity index (χ3v) is 5.34. The van der Waals surface area contributed by atoms with Crippen molar-refractivity contribution >= 4 is 25.2 Å². The van der Waals surface area contributed by atoms with E-state index in [0.717, 1.165) is 12.8 Å². The molecule has 0 aliphatic carbocycles. The van der Waals surface area contributed by atoms with Crippen LogP contribution < -0.4 is 0 Å². The van der Waals surface area contributed by atoms with E-state index in [2.05, 4.69) is 6.92 Å². The second kappa shape index (κ2) is 11.1. The Morgan fingerprint density at radius 1 is 1.18 bits per heavy atom. The Morgan fingerprint density at radius 3 is 2.18 bits per heavy atom. The Kier molecular flexibility index (Phi) is 11.1. The number of unbranched alkanes of at least 4 members (excludes halogenated alkanes) is 6. The van der Waals surface area contributed by atoms with E-state index >= 15 is 0 Å². The van der Waals surface area contributed by atoms with Gasteiger partial charge in [0.05, 0.1) is 12.7 Å². The standard InChI is InChI=1S/C13H26ClO2Si/c1-4-5-6-7-8-9-10-11-12(17(3)14)13(15)16-2/h12H,4-11H2,1-3H3. The maximum atomic E-state index is 11.5. The first kappa shape index (κ1) is 17.0. The van der Waals surface area contributed by atoms with Crippen molar-refractivity contribution < 1.29 is 9.53 Å². The second-order valence-electron chi connectivity index (χ2n) is 4.57. The van der Waals surface area contributed by atoms with Crippen LogP contribution in [0.3, 0.4) is 0 Å². The fourth-order valence-corrected chi connectivity index (χ4v) is 3.57. The van der Waals surface area contributed by atoms with Crippen molar-refractivity contribution in [3.63, 3.8) is 0 Å². The molecule has 0 saturated carbocycles. The van der Waals surface area contributed by atoms with Crippen molar-refractivity contribution in [3.8, 4) is 0 Å². The van der Waals surface area contributed by atoms with Crippen LogP contribution in [0.2, 0.25) is 12.1 Å². The van der Waals surface area contributed by atoms with Gasteiger partial charge in [0.2, 0.25) is 0 Å². The summed E-state index contributed by atoms with van der Waals surface area (Å²) in [5, 5.41) is 0. The normalized spacial score (nSPS) is 12.8. The van der Waals surface area contributed by atoms with Gasteiger partial charge in [0.15, 0.2) is 8.11 Å². The van der Waals surface area contributed by atoms with Crippen LogP contribution in [0.25, 0.3) is 0 Å². The minimum Gasteiger partial charge on any atom is -0.469 e. The van der Waals surface area contributed by atoms with Crippen LogP contribution in [0.1, 0.15) is 58.3 Å². The molecule has 0 rings (SSSR count). The molecular weight excluding hydrogens is 252 g/mol. The Bertz CT molecular complexity index is 198. The number of carbonyl (C=O) groups is 1. The average molecular weight is 278 g/mol. The van der Waals surface area contributed by atoms with Crippen LogP contribution >= 0.6 is 11.1 Å². The van der Waals surface area contributed by atoms with Crippen LogP contribution in [0, 0.1) is 0 Å². The van der Waals surface area contributed by atoms with Gasteiger partial charge < -0.3 is 4.74 Å². The molecular formula is C13H26ClO2Si. The number of hydrogen-bond donors (Lipinski definition) is 0. The van der Waals surface area contributed by atoms with Gasteiger partial charge in [0.25, 0.3) is 0 Å². The van der Waals surface area contributed by atoms with Gasteiger partial charge in [-0.25, -0.2) is 0 Å². The van der Waals surface area contributed by atoms with Gasteiger partial charge in [-0.1, -0.05) is 58.4 Å². The van der Waals surface area contributed by atoms with E-state index in [1.54, 1.807) is 0 Å². The maximum absolute atomic E-state index is 11.5. The molecule has 0 aliphatic rings. The van der Waals surface area contributed by atoms with Crippen LogP contribution in [0.15, 0.2) is 0 Å². The van der Waals surface area contributed by atoms with Gasteiger partial charge >= 0.3 is 5.97 Å². The number of hydrogen-bond acceptors (Lipinski definition) is 2. The first-order valence-electron chi connectivity index (χ1n) is 6.70. The summed E-state index contributed by atoms with van der Waals surface area (Å²) in [5.41, 5.74) is -0.0395. The summed E-state index contributed by atoms with van der Waals surface area (Å²) in [6, 6.07) is 0. The Labute approximate surface area is 112 Å². The van der Waals surface area contributed by atoms with Crippen molar-refractivity contribution in [2.75, 3.05) is 7.11 Å². The quantitative estimate of drug-likeness (QED) is 0.254. The zero-order valence-electron chi connectivity index (χ0n) is 11.4. The molecule has 0 bridgehead atoms. The molecule has 1 unspecified atom stereocenters. The first-order valence-corrected chi connectivity index (χ1v) is 9.79. The van der Waals surface area contributed by atoms with Gasteiger partial charge in [0, 0.05) is 0 Å². The highest BCUT2D eigenvalue weighted by molar-refractivity contribution is 7.08. The monoisotopic (exact) mass is 277 g/mol. The molecule has 1 atom stereocenters. The van der Waals surface area contributed by atoms with E-state index in [-0.39, 0.29) is 11.5 Å². The summed E-state index contributed by atoms with van der Waals surface area (Å²) < 4.78 is 4.79. The molecule has 0 fully saturated rings. The van der Waals surface area contributed by atoms with E-state index in [1.807, 2.05) is 6.55 Å².